The summed E-state index contributed by atoms with van der Waals surface area (Å²) in [5.74, 6) is 0.0959. The second-order valence-corrected chi connectivity index (χ2v) is 9.23. The molecule has 7 heteroatoms. The van der Waals surface area contributed by atoms with Gasteiger partial charge in [0.2, 0.25) is 0 Å². The van der Waals surface area contributed by atoms with E-state index in [2.05, 4.69) is 53.2 Å². The summed E-state index contributed by atoms with van der Waals surface area (Å²) in [7, 11) is 0. The van der Waals surface area contributed by atoms with E-state index in [4.69, 9.17) is 15.7 Å². The van der Waals surface area contributed by atoms with E-state index in [9.17, 15) is 4.79 Å². The zero-order valence-corrected chi connectivity index (χ0v) is 20.6. The Hall–Kier alpha value is -4.39. The fraction of sp³-hybridized carbons (Fsp3) is 0.207. The molecule has 3 aromatic heterocycles. The smallest absolute Gasteiger partial charge is 0.257 e. The third-order valence-corrected chi connectivity index (χ3v) is 7.05. The maximum atomic E-state index is 13.4. The van der Waals surface area contributed by atoms with Crippen LogP contribution in [0.5, 0.6) is 0 Å². The molecule has 3 N–H and O–H groups in total. The van der Waals surface area contributed by atoms with Gasteiger partial charge in [-0.3, -0.25) is 9.36 Å². The molecule has 0 bridgehead atoms. The van der Waals surface area contributed by atoms with Gasteiger partial charge in [0, 0.05) is 40.1 Å². The number of hydrogen-bond acceptors (Lipinski definition) is 4. The number of para-hydroxylation sites is 3. The van der Waals surface area contributed by atoms with Gasteiger partial charge in [-0.2, -0.15) is 0 Å². The molecule has 180 valence electrons. The Morgan fingerprint density at radius 3 is 2.39 bits per heavy atom. The van der Waals surface area contributed by atoms with Crippen molar-refractivity contribution in [2.75, 3.05) is 5.73 Å². The third-order valence-electron chi connectivity index (χ3n) is 7.05. The molecule has 0 fully saturated rings. The molecule has 0 saturated carbocycles. The van der Waals surface area contributed by atoms with Crippen LogP contribution in [0.1, 0.15) is 37.6 Å². The van der Waals surface area contributed by atoms with Crippen molar-refractivity contribution in [1.82, 2.24) is 24.4 Å². The van der Waals surface area contributed by atoms with E-state index < -0.39 is 0 Å². The van der Waals surface area contributed by atoms with Gasteiger partial charge in [-0.1, -0.05) is 37.3 Å². The third kappa shape index (κ3) is 3.23. The Morgan fingerprint density at radius 2 is 1.64 bits per heavy atom. The highest BCUT2D eigenvalue weighted by molar-refractivity contribution is 6.12. The molecule has 0 aliphatic carbocycles. The normalized spacial score (nSPS) is 12.6. The summed E-state index contributed by atoms with van der Waals surface area (Å²) < 4.78 is 4.17. The molecule has 36 heavy (non-hydrogen) atoms. The summed E-state index contributed by atoms with van der Waals surface area (Å²) in [6, 6.07) is 22.4. The second kappa shape index (κ2) is 8.37. The van der Waals surface area contributed by atoms with E-state index in [1.165, 1.54) is 10.9 Å². The van der Waals surface area contributed by atoms with Gasteiger partial charge in [0.15, 0.2) is 5.65 Å². The predicted molar refractivity (Wildman–Crippen MR) is 147 cm³/mol. The Bertz CT molecular complexity index is 1790. The summed E-state index contributed by atoms with van der Waals surface area (Å²) in [4.78, 5) is 23.1. The van der Waals surface area contributed by atoms with Crippen molar-refractivity contribution >= 4 is 55.7 Å². The average molecular weight is 477 g/mol. The highest BCUT2D eigenvalue weighted by Crippen LogP contribution is 2.35. The highest BCUT2D eigenvalue weighted by Gasteiger charge is 2.26. The van der Waals surface area contributed by atoms with Crippen LogP contribution < -0.4 is 11.1 Å². The van der Waals surface area contributed by atoms with Gasteiger partial charge < -0.3 is 15.6 Å². The molecule has 7 nitrogen and oxygen atoms in total. The molecule has 3 heterocycles. The summed E-state index contributed by atoms with van der Waals surface area (Å²) in [6.45, 7) is 7.04. The lowest BCUT2D eigenvalue weighted by Gasteiger charge is -2.12. The Labute approximate surface area is 208 Å². The SMILES string of the molecule is CC[C@H](C)NC(=O)c1c(N)n(-c2ccc3c(c2)c2ccccc2n3CC)c2nc3ccccc3nc12. The Kier molecular flexibility index (Phi) is 5.14. The molecule has 6 aromatic rings. The largest absolute Gasteiger partial charge is 0.384 e. The van der Waals surface area contributed by atoms with Crippen molar-refractivity contribution in [3.8, 4) is 5.69 Å². The van der Waals surface area contributed by atoms with Crippen LogP contribution in [0.2, 0.25) is 0 Å². The molecule has 0 aliphatic rings. The number of aromatic nitrogens is 4. The minimum absolute atomic E-state index is 0.0141. The van der Waals surface area contributed by atoms with E-state index in [0.717, 1.165) is 40.6 Å². The molecule has 0 unspecified atom stereocenters. The number of carbonyl (C=O) groups is 1. The van der Waals surface area contributed by atoms with Crippen LogP contribution in [0.25, 0.3) is 49.7 Å². The Morgan fingerprint density at radius 1 is 0.944 bits per heavy atom. The molecule has 3 aromatic carbocycles. The standard InChI is InChI=1S/C29H28N6O/c1-4-17(3)31-29(36)25-26-28(33-22-12-8-7-11-21(22)32-26)35(27(25)30)18-14-15-24-20(16-18)19-10-6-9-13-23(19)34(24)5-2/h6-17H,4-5,30H2,1-3H3,(H,31,36)/t17-/m0/s1. The lowest BCUT2D eigenvalue weighted by molar-refractivity contribution is 0.0941. The fourth-order valence-electron chi connectivity index (χ4n) is 5.07. The number of carbonyl (C=O) groups excluding carboxylic acids is 1. The van der Waals surface area contributed by atoms with Gasteiger partial charge in [-0.05, 0) is 56.7 Å². The number of amides is 1. The van der Waals surface area contributed by atoms with Crippen molar-refractivity contribution < 1.29 is 4.79 Å². The lowest BCUT2D eigenvalue weighted by Crippen LogP contribution is -2.32. The van der Waals surface area contributed by atoms with Crippen molar-refractivity contribution in [2.45, 2.75) is 39.8 Å². The first-order chi connectivity index (χ1) is 17.5. The van der Waals surface area contributed by atoms with Crippen LogP contribution in [0.4, 0.5) is 5.82 Å². The number of benzene rings is 3. The summed E-state index contributed by atoms with van der Waals surface area (Å²) in [5.41, 5.74) is 12.8. The average Bonchev–Trinajstić information content (AvgIpc) is 3.37. The first-order valence-electron chi connectivity index (χ1n) is 12.4. The van der Waals surface area contributed by atoms with Crippen LogP contribution in [-0.2, 0) is 6.54 Å². The number of aryl methyl sites for hydroxylation is 1. The zero-order valence-electron chi connectivity index (χ0n) is 20.6. The molecule has 1 amide bonds. The number of rotatable bonds is 5. The number of nitrogens with two attached hydrogens (primary N) is 1. The first-order valence-corrected chi connectivity index (χ1v) is 12.4. The maximum Gasteiger partial charge on any atom is 0.257 e. The first kappa shape index (κ1) is 22.1. The molecule has 0 spiro atoms. The minimum atomic E-state index is -0.237. The highest BCUT2D eigenvalue weighted by atomic mass is 16.1. The van der Waals surface area contributed by atoms with Gasteiger partial charge in [-0.15, -0.1) is 0 Å². The van der Waals surface area contributed by atoms with Gasteiger partial charge in [0.05, 0.1) is 11.0 Å². The summed E-state index contributed by atoms with van der Waals surface area (Å²) >= 11 is 0. The van der Waals surface area contributed by atoms with Gasteiger partial charge in [0.1, 0.15) is 16.9 Å². The molecule has 0 radical (unpaired) electrons. The number of hydrogen-bond donors (Lipinski definition) is 2. The molecular formula is C29H28N6O. The van der Waals surface area contributed by atoms with Crippen molar-refractivity contribution in [3.05, 3.63) is 72.3 Å². The van der Waals surface area contributed by atoms with Gasteiger partial charge >= 0.3 is 0 Å². The van der Waals surface area contributed by atoms with E-state index in [1.54, 1.807) is 0 Å². The zero-order chi connectivity index (χ0) is 25.0. The lowest BCUT2D eigenvalue weighted by atomic mass is 10.1. The van der Waals surface area contributed by atoms with Crippen LogP contribution >= 0.6 is 0 Å². The molecule has 6 rings (SSSR count). The van der Waals surface area contributed by atoms with E-state index in [1.807, 2.05) is 48.7 Å². The second-order valence-electron chi connectivity index (χ2n) is 9.23. The quantitative estimate of drug-likeness (QED) is 0.328. The van der Waals surface area contributed by atoms with Crippen molar-refractivity contribution in [2.24, 2.45) is 0 Å². The number of anilines is 1. The minimum Gasteiger partial charge on any atom is -0.384 e. The Balaban J connectivity index is 1.66. The molecule has 1 atom stereocenters. The number of nitrogens with zero attached hydrogens (tertiary/aromatic N) is 4. The predicted octanol–water partition coefficient (Wildman–Crippen LogP) is 5.81. The van der Waals surface area contributed by atoms with E-state index >= 15 is 0 Å². The molecular weight excluding hydrogens is 448 g/mol. The summed E-state index contributed by atoms with van der Waals surface area (Å²) in [5, 5.41) is 5.36. The maximum absolute atomic E-state index is 13.4. The van der Waals surface area contributed by atoms with E-state index in [-0.39, 0.29) is 11.9 Å². The molecule has 0 saturated heterocycles. The summed E-state index contributed by atoms with van der Waals surface area (Å²) in [6.07, 6.45) is 0.817. The monoisotopic (exact) mass is 476 g/mol. The van der Waals surface area contributed by atoms with E-state index in [0.29, 0.717) is 22.5 Å². The number of nitrogen functional groups attached to an aromatic ring is 1. The van der Waals surface area contributed by atoms with Crippen molar-refractivity contribution in [3.63, 3.8) is 0 Å². The topological polar surface area (TPSA) is 90.8 Å². The van der Waals surface area contributed by atoms with Crippen molar-refractivity contribution in [1.29, 1.82) is 0 Å². The number of fused-ring (bicyclic) bond motifs is 5. The molecule has 0 aliphatic heterocycles. The van der Waals surface area contributed by atoms with Gasteiger partial charge in [0.25, 0.3) is 5.91 Å². The van der Waals surface area contributed by atoms with Crippen LogP contribution in [-0.4, -0.2) is 31.1 Å². The van der Waals surface area contributed by atoms with Gasteiger partial charge in [-0.25, -0.2) is 9.97 Å². The van der Waals surface area contributed by atoms with Crippen LogP contribution in [0.3, 0.4) is 0 Å². The van der Waals surface area contributed by atoms with Crippen LogP contribution in [0.15, 0.2) is 66.7 Å². The fourth-order valence-corrected chi connectivity index (χ4v) is 5.07. The number of nitrogens with one attached hydrogen (secondary N) is 1. The van der Waals surface area contributed by atoms with Crippen LogP contribution in [0, 0.1) is 0 Å².